The molecule has 17 heavy (non-hydrogen) atoms. The molecule has 0 amide bonds. The van der Waals surface area contributed by atoms with Crippen molar-refractivity contribution in [3.8, 4) is 11.1 Å². The van der Waals surface area contributed by atoms with Crippen LogP contribution in [0.1, 0.15) is 0 Å². The van der Waals surface area contributed by atoms with Crippen molar-refractivity contribution in [2.45, 2.75) is 0 Å². The molecule has 2 heteroatoms. The summed E-state index contributed by atoms with van der Waals surface area (Å²) in [7, 11) is 3.76. The Kier molecular flexibility index (Phi) is 3.24. The number of hydrogen-bond donors (Lipinski definition) is 0. The third-order valence-corrected chi connectivity index (χ3v) is 2.67. The molecule has 0 atom stereocenters. The molecular weight excluding hydrogens is 210 g/mol. The van der Waals surface area contributed by atoms with E-state index in [4.69, 9.17) is 0 Å². The average molecular weight is 225 g/mol. The molecule has 0 bridgehead atoms. The number of rotatable bonds is 2. The van der Waals surface area contributed by atoms with Gasteiger partial charge in [0.1, 0.15) is 0 Å². The Morgan fingerprint density at radius 2 is 1.41 bits per heavy atom. The van der Waals surface area contributed by atoms with E-state index in [1.165, 1.54) is 0 Å². The van der Waals surface area contributed by atoms with Crippen LogP contribution < -0.4 is 10.3 Å². The van der Waals surface area contributed by atoms with Gasteiger partial charge in [0.05, 0.1) is 5.69 Å². The highest BCUT2D eigenvalue weighted by molar-refractivity contribution is 5.67. The maximum atomic E-state index is 12.4. The topological polar surface area (TPSA) is 20.3 Å². The highest BCUT2D eigenvalue weighted by Crippen LogP contribution is 2.16. The molecule has 0 N–H and O–H groups in total. The van der Waals surface area contributed by atoms with Gasteiger partial charge in [0.2, 0.25) is 5.43 Å². The summed E-state index contributed by atoms with van der Waals surface area (Å²) < 4.78 is 0. The smallest absolute Gasteiger partial charge is 0.209 e. The van der Waals surface area contributed by atoms with Crippen molar-refractivity contribution in [3.05, 3.63) is 64.8 Å². The molecule has 0 spiro atoms. The van der Waals surface area contributed by atoms with E-state index in [0.717, 1.165) is 11.1 Å². The molecule has 0 aliphatic heterocycles. The molecule has 0 aromatic heterocycles. The summed E-state index contributed by atoms with van der Waals surface area (Å²) in [5, 5.41) is 0. The van der Waals surface area contributed by atoms with Gasteiger partial charge in [-0.25, -0.2) is 0 Å². The summed E-state index contributed by atoms with van der Waals surface area (Å²) in [5.41, 5.74) is 2.45. The summed E-state index contributed by atoms with van der Waals surface area (Å²) in [4.78, 5) is 14.2. The first kappa shape index (κ1) is 11.4. The van der Waals surface area contributed by atoms with Gasteiger partial charge in [0, 0.05) is 19.7 Å². The first-order valence-electron chi connectivity index (χ1n) is 5.56. The summed E-state index contributed by atoms with van der Waals surface area (Å²) in [6.07, 6.45) is 0. The van der Waals surface area contributed by atoms with Crippen molar-refractivity contribution in [1.82, 2.24) is 0 Å². The molecule has 2 rings (SSSR count). The molecule has 2 aromatic carbocycles. The van der Waals surface area contributed by atoms with Crippen LogP contribution in [-0.2, 0) is 0 Å². The Hall–Kier alpha value is -2.09. The van der Waals surface area contributed by atoms with Crippen LogP contribution in [0.25, 0.3) is 11.1 Å². The fraction of sp³-hybridized carbons (Fsp3) is 0.133. The standard InChI is InChI=1S/C15H15NO/c1-16(2)14-11-7-6-10-13(15(14)17)12-8-4-3-5-9-12/h3-11H,1-2H3. The van der Waals surface area contributed by atoms with Crippen molar-refractivity contribution < 1.29 is 0 Å². The van der Waals surface area contributed by atoms with Gasteiger partial charge in [-0.2, -0.15) is 0 Å². The lowest BCUT2D eigenvalue weighted by atomic mass is 10.1. The molecule has 2 aromatic rings. The van der Waals surface area contributed by atoms with Crippen LogP contribution in [0, 0.1) is 0 Å². The molecule has 0 aliphatic rings. The van der Waals surface area contributed by atoms with E-state index >= 15 is 0 Å². The Morgan fingerprint density at radius 1 is 0.824 bits per heavy atom. The maximum absolute atomic E-state index is 12.4. The second-order valence-corrected chi connectivity index (χ2v) is 4.11. The van der Waals surface area contributed by atoms with Gasteiger partial charge in [-0.15, -0.1) is 0 Å². The van der Waals surface area contributed by atoms with Crippen LogP contribution in [0.4, 0.5) is 5.69 Å². The van der Waals surface area contributed by atoms with Gasteiger partial charge in [-0.1, -0.05) is 48.5 Å². The van der Waals surface area contributed by atoms with Crippen molar-refractivity contribution >= 4 is 5.69 Å². The minimum Gasteiger partial charge on any atom is -0.374 e. The highest BCUT2D eigenvalue weighted by atomic mass is 16.1. The predicted octanol–water partition coefficient (Wildman–Crippen LogP) is 2.78. The number of anilines is 1. The lowest BCUT2D eigenvalue weighted by Crippen LogP contribution is -2.18. The van der Waals surface area contributed by atoms with Crippen LogP contribution in [0.5, 0.6) is 0 Å². The zero-order valence-electron chi connectivity index (χ0n) is 10.1. The molecule has 0 radical (unpaired) electrons. The van der Waals surface area contributed by atoms with E-state index in [2.05, 4.69) is 0 Å². The van der Waals surface area contributed by atoms with E-state index in [1.807, 2.05) is 73.6 Å². The van der Waals surface area contributed by atoms with Crippen LogP contribution in [0.2, 0.25) is 0 Å². The normalized spacial score (nSPS) is 10.0. The lowest BCUT2D eigenvalue weighted by molar-refractivity contribution is 1.12. The van der Waals surface area contributed by atoms with Gasteiger partial charge >= 0.3 is 0 Å². The Bertz CT molecular complexity index is 561. The predicted molar refractivity (Wildman–Crippen MR) is 72.5 cm³/mol. The quantitative estimate of drug-likeness (QED) is 0.783. The van der Waals surface area contributed by atoms with Crippen LogP contribution >= 0.6 is 0 Å². The monoisotopic (exact) mass is 225 g/mol. The van der Waals surface area contributed by atoms with E-state index in [1.54, 1.807) is 0 Å². The second-order valence-electron chi connectivity index (χ2n) is 4.11. The third kappa shape index (κ3) is 2.36. The molecule has 86 valence electrons. The van der Waals surface area contributed by atoms with Crippen molar-refractivity contribution in [2.75, 3.05) is 19.0 Å². The Labute approximate surface area is 101 Å². The number of benzene rings is 1. The van der Waals surface area contributed by atoms with E-state index < -0.39 is 0 Å². The fourth-order valence-corrected chi connectivity index (χ4v) is 1.79. The van der Waals surface area contributed by atoms with Crippen molar-refractivity contribution in [3.63, 3.8) is 0 Å². The molecule has 0 fully saturated rings. The Morgan fingerprint density at radius 3 is 2.06 bits per heavy atom. The minimum atomic E-state index is 0.0613. The summed E-state index contributed by atoms with van der Waals surface area (Å²) in [6.45, 7) is 0. The van der Waals surface area contributed by atoms with Crippen LogP contribution in [0.3, 0.4) is 0 Å². The zero-order valence-corrected chi connectivity index (χ0v) is 10.1. The summed E-state index contributed by atoms with van der Waals surface area (Å²) in [6, 6.07) is 17.2. The SMILES string of the molecule is CN(C)c1ccccc(-c2ccccc2)c1=O. The molecule has 0 heterocycles. The first-order valence-corrected chi connectivity index (χ1v) is 5.56. The van der Waals surface area contributed by atoms with Crippen LogP contribution in [-0.4, -0.2) is 14.1 Å². The first-order chi connectivity index (χ1) is 8.20. The molecular formula is C15H15NO. The Balaban J connectivity index is 2.69. The van der Waals surface area contributed by atoms with Gasteiger partial charge < -0.3 is 4.90 Å². The molecule has 0 saturated carbocycles. The largest absolute Gasteiger partial charge is 0.374 e. The third-order valence-electron chi connectivity index (χ3n) is 2.67. The summed E-state index contributed by atoms with van der Waals surface area (Å²) in [5.74, 6) is 0. The van der Waals surface area contributed by atoms with Gasteiger partial charge in [0.25, 0.3) is 0 Å². The van der Waals surface area contributed by atoms with Crippen LogP contribution in [0.15, 0.2) is 59.4 Å². The molecule has 0 saturated heterocycles. The molecule has 0 aliphatic carbocycles. The second kappa shape index (κ2) is 4.83. The number of nitrogens with zero attached hydrogens (tertiary/aromatic N) is 1. The molecule has 0 unspecified atom stereocenters. The summed E-state index contributed by atoms with van der Waals surface area (Å²) >= 11 is 0. The van der Waals surface area contributed by atoms with E-state index in [-0.39, 0.29) is 5.43 Å². The minimum absolute atomic E-state index is 0.0613. The zero-order chi connectivity index (χ0) is 12.3. The number of hydrogen-bond acceptors (Lipinski definition) is 2. The van der Waals surface area contributed by atoms with Gasteiger partial charge in [-0.05, 0) is 11.6 Å². The van der Waals surface area contributed by atoms with E-state index in [0.29, 0.717) is 5.69 Å². The average Bonchev–Trinajstić information content (AvgIpc) is 2.52. The molecule has 2 nitrogen and oxygen atoms in total. The fourth-order valence-electron chi connectivity index (χ4n) is 1.79. The van der Waals surface area contributed by atoms with Gasteiger partial charge in [-0.3, -0.25) is 4.79 Å². The van der Waals surface area contributed by atoms with Crippen molar-refractivity contribution in [2.24, 2.45) is 0 Å². The maximum Gasteiger partial charge on any atom is 0.209 e. The van der Waals surface area contributed by atoms with Gasteiger partial charge in [0.15, 0.2) is 0 Å². The lowest BCUT2D eigenvalue weighted by Gasteiger charge is -2.09. The van der Waals surface area contributed by atoms with E-state index in [9.17, 15) is 4.79 Å². The van der Waals surface area contributed by atoms with Crippen molar-refractivity contribution in [1.29, 1.82) is 0 Å². The highest BCUT2D eigenvalue weighted by Gasteiger charge is 2.06.